The summed E-state index contributed by atoms with van der Waals surface area (Å²) in [6.07, 6.45) is -0.138. The van der Waals surface area contributed by atoms with Gasteiger partial charge in [-0.2, -0.15) is 0 Å². The largest absolute Gasteiger partial charge is 0.325 e. The number of H-pyrrole nitrogens is 1. The van der Waals surface area contributed by atoms with Crippen molar-refractivity contribution in [3.8, 4) is 0 Å². The lowest BCUT2D eigenvalue weighted by atomic mass is 9.92. The van der Waals surface area contributed by atoms with Crippen molar-refractivity contribution in [2.24, 2.45) is 0 Å². The minimum Gasteiger partial charge on any atom is -0.325 e. The average Bonchev–Trinajstić information content (AvgIpc) is 2.72. The van der Waals surface area contributed by atoms with E-state index in [0.717, 1.165) is 5.56 Å². The second-order valence-electron chi connectivity index (χ2n) is 6.71. The number of carbonyl (C=O) groups is 2. The molecule has 9 heteroatoms. The highest BCUT2D eigenvalue weighted by Gasteiger charge is 2.34. The molecule has 0 saturated carbocycles. The van der Waals surface area contributed by atoms with Gasteiger partial charge in [0.2, 0.25) is 11.8 Å². The van der Waals surface area contributed by atoms with E-state index in [1.54, 1.807) is 24.3 Å². The van der Waals surface area contributed by atoms with E-state index in [1.807, 2.05) is 30.3 Å². The Labute approximate surface area is 181 Å². The van der Waals surface area contributed by atoms with E-state index in [9.17, 15) is 14.4 Å². The van der Waals surface area contributed by atoms with Crippen molar-refractivity contribution >= 4 is 46.7 Å². The van der Waals surface area contributed by atoms with Crippen molar-refractivity contribution in [3.63, 3.8) is 0 Å². The van der Waals surface area contributed by atoms with Gasteiger partial charge in [-0.3, -0.25) is 14.4 Å². The molecule has 4 rings (SSSR count). The van der Waals surface area contributed by atoms with Crippen molar-refractivity contribution in [2.45, 2.75) is 23.2 Å². The second-order valence-corrected chi connectivity index (χ2v) is 8.11. The van der Waals surface area contributed by atoms with Gasteiger partial charge < -0.3 is 15.6 Å². The summed E-state index contributed by atoms with van der Waals surface area (Å²) < 4.78 is 0. The number of fused-ring (bicyclic) bond motifs is 1. The van der Waals surface area contributed by atoms with Gasteiger partial charge in [0.25, 0.3) is 5.56 Å². The highest BCUT2D eigenvalue weighted by Crippen LogP contribution is 2.31. The first-order chi connectivity index (χ1) is 14.5. The summed E-state index contributed by atoms with van der Waals surface area (Å²) in [4.78, 5) is 44.8. The number of rotatable bonds is 5. The van der Waals surface area contributed by atoms with E-state index in [4.69, 9.17) is 11.6 Å². The molecule has 0 bridgehead atoms. The summed E-state index contributed by atoms with van der Waals surface area (Å²) in [5.74, 6) is -1.06. The first kappa shape index (κ1) is 20.2. The molecule has 2 aromatic carbocycles. The van der Waals surface area contributed by atoms with Gasteiger partial charge in [-0.05, 0) is 23.8 Å². The van der Waals surface area contributed by atoms with Crippen molar-refractivity contribution in [2.75, 3.05) is 10.6 Å². The summed E-state index contributed by atoms with van der Waals surface area (Å²) in [5.41, 5.74) is 1.27. The molecular weight excluding hydrogens is 424 g/mol. The molecule has 0 aliphatic carbocycles. The van der Waals surface area contributed by atoms with Crippen LogP contribution in [-0.2, 0) is 15.3 Å². The Morgan fingerprint density at radius 3 is 2.73 bits per heavy atom. The number of anilines is 2. The lowest BCUT2D eigenvalue weighted by Crippen LogP contribution is -2.36. The van der Waals surface area contributed by atoms with Crippen LogP contribution in [0, 0.1) is 0 Å². The molecule has 30 heavy (non-hydrogen) atoms. The van der Waals surface area contributed by atoms with Crippen LogP contribution in [0.3, 0.4) is 0 Å². The molecule has 1 aliphatic heterocycles. The van der Waals surface area contributed by atoms with E-state index in [2.05, 4.69) is 20.6 Å². The van der Waals surface area contributed by atoms with E-state index >= 15 is 0 Å². The lowest BCUT2D eigenvalue weighted by molar-refractivity contribution is -0.123. The SMILES string of the molecule is O=C1C[C@@H](C(=O)Nc2cccc(Cl)c2)c2c(nc(SCc3ccccc3)[nH]c2=O)N1. The second kappa shape index (κ2) is 8.73. The molecule has 0 fully saturated rings. The Hall–Kier alpha value is -3.10. The molecule has 0 unspecified atom stereocenters. The number of halogens is 1. The fourth-order valence-corrected chi connectivity index (χ4v) is 4.17. The highest BCUT2D eigenvalue weighted by atomic mass is 35.5. The fraction of sp³-hybridized carbons (Fsp3) is 0.143. The number of amides is 2. The minimum absolute atomic E-state index is 0.122. The molecule has 3 N–H and O–H groups in total. The van der Waals surface area contributed by atoms with Crippen LogP contribution in [0.5, 0.6) is 0 Å². The van der Waals surface area contributed by atoms with Gasteiger partial charge in [-0.1, -0.05) is 59.8 Å². The van der Waals surface area contributed by atoms with E-state index in [1.165, 1.54) is 11.8 Å². The van der Waals surface area contributed by atoms with Crippen molar-refractivity contribution < 1.29 is 9.59 Å². The summed E-state index contributed by atoms with van der Waals surface area (Å²) in [5, 5.41) is 6.17. The number of hydrogen-bond donors (Lipinski definition) is 3. The molecule has 0 spiro atoms. The van der Waals surface area contributed by atoms with Crippen LogP contribution in [0.15, 0.2) is 64.5 Å². The first-order valence-electron chi connectivity index (χ1n) is 9.17. The van der Waals surface area contributed by atoms with Crippen LogP contribution in [0.2, 0.25) is 5.02 Å². The molecule has 1 atom stereocenters. The number of carbonyl (C=O) groups excluding carboxylic acids is 2. The Kier molecular flexibility index (Phi) is 5.87. The zero-order chi connectivity index (χ0) is 21.1. The maximum absolute atomic E-state index is 12.8. The summed E-state index contributed by atoms with van der Waals surface area (Å²) in [6, 6.07) is 16.4. The average molecular weight is 441 g/mol. The minimum atomic E-state index is -0.947. The van der Waals surface area contributed by atoms with E-state index < -0.39 is 17.4 Å². The van der Waals surface area contributed by atoms with Gasteiger partial charge in [-0.25, -0.2) is 4.98 Å². The predicted octanol–water partition coefficient (Wildman–Crippen LogP) is 3.78. The lowest BCUT2D eigenvalue weighted by Gasteiger charge is -2.23. The Morgan fingerprint density at radius 2 is 1.97 bits per heavy atom. The maximum atomic E-state index is 12.8. The van der Waals surface area contributed by atoms with Gasteiger partial charge in [0.1, 0.15) is 5.82 Å². The van der Waals surface area contributed by atoms with Crippen LogP contribution >= 0.6 is 23.4 Å². The Balaban J connectivity index is 1.58. The van der Waals surface area contributed by atoms with Gasteiger partial charge >= 0.3 is 0 Å². The number of hydrogen-bond acceptors (Lipinski definition) is 5. The smallest absolute Gasteiger partial charge is 0.257 e. The van der Waals surface area contributed by atoms with E-state index in [-0.39, 0.29) is 23.7 Å². The number of thioether (sulfide) groups is 1. The number of benzene rings is 2. The summed E-state index contributed by atoms with van der Waals surface area (Å²) in [7, 11) is 0. The van der Waals surface area contributed by atoms with Gasteiger partial charge in [-0.15, -0.1) is 0 Å². The topological polar surface area (TPSA) is 104 Å². The number of nitrogens with zero attached hydrogens (tertiary/aromatic N) is 1. The maximum Gasteiger partial charge on any atom is 0.257 e. The third-order valence-corrected chi connectivity index (χ3v) is 5.74. The molecule has 1 aliphatic rings. The van der Waals surface area contributed by atoms with Gasteiger partial charge in [0.05, 0.1) is 11.5 Å². The molecule has 3 aromatic rings. The van der Waals surface area contributed by atoms with Crippen LogP contribution in [0.1, 0.15) is 23.5 Å². The zero-order valence-corrected chi connectivity index (χ0v) is 17.2. The third-order valence-electron chi connectivity index (χ3n) is 4.56. The predicted molar refractivity (Wildman–Crippen MR) is 117 cm³/mol. The standard InChI is InChI=1S/C21H17ClN4O3S/c22-13-7-4-8-14(9-13)23-19(28)15-10-16(27)24-18-17(15)20(29)26-21(25-18)30-11-12-5-2-1-3-6-12/h1-9,15H,10-11H2,(H,23,28)(H2,24,25,26,27,29)/t15-/m1/s1. The third kappa shape index (κ3) is 4.55. The van der Waals surface area contributed by atoms with Gasteiger partial charge in [0, 0.05) is 22.9 Å². The van der Waals surface area contributed by atoms with Crippen molar-refractivity contribution in [3.05, 3.63) is 81.1 Å². The van der Waals surface area contributed by atoms with Crippen LogP contribution in [0.25, 0.3) is 0 Å². The Morgan fingerprint density at radius 1 is 1.17 bits per heavy atom. The molecule has 0 saturated heterocycles. The molecule has 2 heterocycles. The summed E-state index contributed by atoms with van der Waals surface area (Å²) in [6.45, 7) is 0. The first-order valence-corrected chi connectivity index (χ1v) is 10.5. The fourth-order valence-electron chi connectivity index (χ4n) is 3.16. The number of nitrogens with one attached hydrogen (secondary N) is 3. The van der Waals surface area contributed by atoms with Crippen LogP contribution in [-0.4, -0.2) is 21.8 Å². The van der Waals surface area contributed by atoms with Crippen LogP contribution < -0.4 is 16.2 Å². The number of aromatic amines is 1. The quantitative estimate of drug-likeness (QED) is 0.413. The zero-order valence-electron chi connectivity index (χ0n) is 15.6. The molecule has 152 valence electrons. The number of aromatic nitrogens is 2. The molecule has 0 radical (unpaired) electrons. The molecular formula is C21H17ClN4O3S. The molecule has 7 nitrogen and oxygen atoms in total. The monoisotopic (exact) mass is 440 g/mol. The van der Waals surface area contributed by atoms with Crippen LogP contribution in [0.4, 0.5) is 11.5 Å². The summed E-state index contributed by atoms with van der Waals surface area (Å²) >= 11 is 7.29. The normalized spacial score (nSPS) is 15.2. The van der Waals surface area contributed by atoms with Crippen molar-refractivity contribution in [1.82, 2.24) is 9.97 Å². The molecule has 2 amide bonds. The van der Waals surface area contributed by atoms with E-state index in [0.29, 0.717) is 21.6 Å². The molecule has 1 aromatic heterocycles. The Bertz CT molecular complexity index is 1170. The van der Waals surface area contributed by atoms with Gasteiger partial charge in [0.15, 0.2) is 5.16 Å². The van der Waals surface area contributed by atoms with Crippen molar-refractivity contribution in [1.29, 1.82) is 0 Å². The highest BCUT2D eigenvalue weighted by molar-refractivity contribution is 7.98.